The monoisotopic (exact) mass is 344 g/mol. The molecule has 1 aromatic carbocycles. The van der Waals surface area contributed by atoms with Crippen LogP contribution in [0.25, 0.3) is 0 Å². The van der Waals surface area contributed by atoms with E-state index in [4.69, 9.17) is 9.47 Å². The van der Waals surface area contributed by atoms with E-state index in [1.807, 2.05) is 13.0 Å². The van der Waals surface area contributed by atoms with Crippen molar-refractivity contribution in [1.29, 1.82) is 0 Å². The Morgan fingerprint density at radius 1 is 1.45 bits per heavy atom. The van der Waals surface area contributed by atoms with Crippen LogP contribution in [-0.2, 0) is 9.53 Å². The van der Waals surface area contributed by atoms with Gasteiger partial charge in [0.15, 0.2) is 0 Å². The lowest BCUT2D eigenvalue weighted by molar-refractivity contribution is -0.144. The van der Waals surface area contributed by atoms with Gasteiger partial charge in [-0.25, -0.2) is 0 Å². The number of methoxy groups -OCH3 is 1. The van der Waals surface area contributed by atoms with Crippen molar-refractivity contribution in [2.45, 2.75) is 38.7 Å². The van der Waals surface area contributed by atoms with E-state index in [0.29, 0.717) is 24.3 Å². The maximum atomic E-state index is 11.5. The van der Waals surface area contributed by atoms with Crippen LogP contribution in [0.1, 0.15) is 44.3 Å². The van der Waals surface area contributed by atoms with Gasteiger partial charge in [0, 0.05) is 16.5 Å². The Morgan fingerprint density at radius 2 is 2.20 bits per heavy atom. The predicted octanol–water partition coefficient (Wildman–Crippen LogP) is 3.61. The molecule has 0 aliphatic heterocycles. The van der Waals surface area contributed by atoms with Crippen LogP contribution in [0.2, 0.25) is 0 Å². The minimum absolute atomic E-state index is 0.195. The third kappa shape index (κ3) is 5.51. The van der Waals surface area contributed by atoms with Gasteiger partial charge in [-0.3, -0.25) is 4.79 Å². The van der Waals surface area contributed by atoms with Crippen molar-refractivity contribution in [2.75, 3.05) is 13.7 Å². The lowest BCUT2D eigenvalue weighted by Crippen LogP contribution is -2.09. The summed E-state index contributed by atoms with van der Waals surface area (Å²) in [6, 6.07) is 5.42. The molecule has 0 aliphatic carbocycles. The molecular weight excluding hydrogens is 324 g/mol. The Hall–Kier alpha value is -1.07. The molecule has 1 N–H and O–H groups in total. The Bertz CT molecular complexity index is 434. The molecule has 5 heteroatoms. The second-order valence-corrected chi connectivity index (χ2v) is 5.43. The Kier molecular flexibility index (Phi) is 7.62. The molecule has 0 radical (unpaired) electrons. The summed E-state index contributed by atoms with van der Waals surface area (Å²) < 4.78 is 11.1. The number of halogens is 1. The lowest BCUT2D eigenvalue weighted by Gasteiger charge is -2.15. The number of ether oxygens (including phenoxy) is 2. The van der Waals surface area contributed by atoms with E-state index >= 15 is 0 Å². The van der Waals surface area contributed by atoms with Crippen molar-refractivity contribution in [3.63, 3.8) is 0 Å². The molecule has 0 bridgehead atoms. The Balaban J connectivity index is 2.52. The standard InChI is InChI=1S/C15H21BrO4/c1-3-4-9-20-15(18)8-6-13(17)12-10-11(16)5-7-14(12)19-2/h5,7,10,13,17H,3-4,6,8-9H2,1-2H3. The highest BCUT2D eigenvalue weighted by molar-refractivity contribution is 9.10. The zero-order valence-electron chi connectivity index (χ0n) is 11.9. The van der Waals surface area contributed by atoms with Crippen LogP contribution in [0.4, 0.5) is 0 Å². The van der Waals surface area contributed by atoms with Gasteiger partial charge in [0.1, 0.15) is 5.75 Å². The average molecular weight is 345 g/mol. The highest BCUT2D eigenvalue weighted by Crippen LogP contribution is 2.30. The summed E-state index contributed by atoms with van der Waals surface area (Å²) in [4.78, 5) is 11.5. The molecule has 0 aliphatic rings. The lowest BCUT2D eigenvalue weighted by atomic mass is 10.0. The number of carbonyl (C=O) groups excluding carboxylic acids is 1. The summed E-state index contributed by atoms with van der Waals surface area (Å²) >= 11 is 3.36. The Labute approximate surface area is 128 Å². The molecule has 4 nitrogen and oxygen atoms in total. The first-order valence-electron chi connectivity index (χ1n) is 6.75. The molecule has 0 amide bonds. The fourth-order valence-corrected chi connectivity index (χ4v) is 2.16. The molecule has 0 fully saturated rings. The smallest absolute Gasteiger partial charge is 0.305 e. The second kappa shape index (κ2) is 8.97. The fraction of sp³-hybridized carbons (Fsp3) is 0.533. The zero-order valence-corrected chi connectivity index (χ0v) is 13.5. The van der Waals surface area contributed by atoms with Gasteiger partial charge in [-0.05, 0) is 31.0 Å². The molecule has 0 saturated heterocycles. The van der Waals surface area contributed by atoms with Gasteiger partial charge in [-0.1, -0.05) is 29.3 Å². The third-order valence-electron chi connectivity index (χ3n) is 2.93. The molecule has 0 heterocycles. The molecule has 1 unspecified atom stereocenters. The largest absolute Gasteiger partial charge is 0.496 e. The van der Waals surface area contributed by atoms with Crippen LogP contribution in [0.5, 0.6) is 5.75 Å². The SMILES string of the molecule is CCCCOC(=O)CCC(O)c1cc(Br)ccc1OC. The molecule has 112 valence electrons. The zero-order chi connectivity index (χ0) is 15.0. The molecule has 0 aromatic heterocycles. The number of rotatable bonds is 8. The summed E-state index contributed by atoms with van der Waals surface area (Å²) in [6.45, 7) is 2.49. The van der Waals surface area contributed by atoms with Gasteiger partial charge >= 0.3 is 5.97 Å². The predicted molar refractivity (Wildman–Crippen MR) is 80.8 cm³/mol. The third-order valence-corrected chi connectivity index (χ3v) is 3.43. The summed E-state index contributed by atoms with van der Waals surface area (Å²) in [5.74, 6) is 0.339. The minimum atomic E-state index is -0.749. The van der Waals surface area contributed by atoms with Crippen molar-refractivity contribution >= 4 is 21.9 Å². The van der Waals surface area contributed by atoms with Gasteiger partial charge in [-0.15, -0.1) is 0 Å². The summed E-state index contributed by atoms with van der Waals surface area (Å²) in [6.07, 6.45) is 1.62. The number of hydrogen-bond donors (Lipinski definition) is 1. The highest BCUT2D eigenvalue weighted by atomic mass is 79.9. The van der Waals surface area contributed by atoms with Crippen LogP contribution >= 0.6 is 15.9 Å². The van der Waals surface area contributed by atoms with Crippen molar-refractivity contribution in [2.24, 2.45) is 0 Å². The first-order chi connectivity index (χ1) is 9.58. The normalized spacial score (nSPS) is 12.0. The summed E-state index contributed by atoms with van der Waals surface area (Å²) in [5, 5.41) is 10.2. The highest BCUT2D eigenvalue weighted by Gasteiger charge is 2.16. The molecular formula is C15H21BrO4. The molecule has 0 saturated carbocycles. The fourth-order valence-electron chi connectivity index (χ4n) is 1.78. The van der Waals surface area contributed by atoms with Crippen LogP contribution in [0.15, 0.2) is 22.7 Å². The maximum absolute atomic E-state index is 11.5. The van der Waals surface area contributed by atoms with E-state index in [2.05, 4.69) is 15.9 Å². The molecule has 1 atom stereocenters. The topological polar surface area (TPSA) is 55.8 Å². The van der Waals surface area contributed by atoms with Gasteiger partial charge in [0.25, 0.3) is 0 Å². The molecule has 0 spiro atoms. The van der Waals surface area contributed by atoms with Crippen LogP contribution in [0, 0.1) is 0 Å². The van der Waals surface area contributed by atoms with E-state index in [0.717, 1.165) is 17.3 Å². The van der Waals surface area contributed by atoms with E-state index in [-0.39, 0.29) is 12.4 Å². The molecule has 1 rings (SSSR count). The molecule has 1 aromatic rings. The van der Waals surface area contributed by atoms with Crippen LogP contribution in [-0.4, -0.2) is 24.8 Å². The number of hydrogen-bond acceptors (Lipinski definition) is 4. The second-order valence-electron chi connectivity index (χ2n) is 4.51. The Morgan fingerprint density at radius 3 is 2.85 bits per heavy atom. The van der Waals surface area contributed by atoms with E-state index < -0.39 is 6.10 Å². The minimum Gasteiger partial charge on any atom is -0.496 e. The van der Waals surface area contributed by atoms with Crippen LogP contribution < -0.4 is 4.74 Å². The number of benzene rings is 1. The van der Waals surface area contributed by atoms with E-state index in [1.165, 1.54) is 0 Å². The quantitative estimate of drug-likeness (QED) is 0.578. The van der Waals surface area contributed by atoms with Gasteiger partial charge in [-0.2, -0.15) is 0 Å². The first-order valence-corrected chi connectivity index (χ1v) is 7.55. The van der Waals surface area contributed by atoms with Gasteiger partial charge < -0.3 is 14.6 Å². The number of aliphatic hydroxyl groups is 1. The first kappa shape index (κ1) is 17.0. The average Bonchev–Trinajstić information content (AvgIpc) is 2.45. The molecule has 20 heavy (non-hydrogen) atoms. The van der Waals surface area contributed by atoms with Gasteiger partial charge in [0.2, 0.25) is 0 Å². The summed E-state index contributed by atoms with van der Waals surface area (Å²) in [7, 11) is 1.55. The number of unbranched alkanes of at least 4 members (excludes halogenated alkanes) is 1. The summed E-state index contributed by atoms with van der Waals surface area (Å²) in [5.41, 5.74) is 0.670. The van der Waals surface area contributed by atoms with Crippen molar-refractivity contribution in [1.82, 2.24) is 0 Å². The van der Waals surface area contributed by atoms with Crippen molar-refractivity contribution in [3.8, 4) is 5.75 Å². The number of aliphatic hydroxyl groups excluding tert-OH is 1. The maximum Gasteiger partial charge on any atom is 0.305 e. The van der Waals surface area contributed by atoms with E-state index in [9.17, 15) is 9.90 Å². The van der Waals surface area contributed by atoms with Gasteiger partial charge in [0.05, 0.1) is 19.8 Å². The van der Waals surface area contributed by atoms with Crippen LogP contribution in [0.3, 0.4) is 0 Å². The van der Waals surface area contributed by atoms with Crippen molar-refractivity contribution < 1.29 is 19.4 Å². The number of carbonyl (C=O) groups is 1. The number of esters is 1. The van der Waals surface area contributed by atoms with Crippen molar-refractivity contribution in [3.05, 3.63) is 28.2 Å². The van der Waals surface area contributed by atoms with E-state index in [1.54, 1.807) is 19.2 Å².